The van der Waals surface area contributed by atoms with E-state index in [1.165, 1.54) is 76.3 Å². The minimum Gasteiger partial charge on any atom is -0.455 e. The zero-order valence-corrected chi connectivity index (χ0v) is 47.2. The summed E-state index contributed by atoms with van der Waals surface area (Å²) in [4.78, 5) is 13.2. The number of anilines is 2. The maximum Gasteiger partial charge on any atom is 0.500 e. The fourth-order valence-corrected chi connectivity index (χ4v) is 29.5. The van der Waals surface area contributed by atoms with Crippen LogP contribution < -0.4 is 15.4 Å². The third-order valence-electron chi connectivity index (χ3n) is 11.3. The van der Waals surface area contributed by atoms with E-state index in [2.05, 4.69) is 78.0 Å². The number of ether oxygens (including phenoxy) is 1. The van der Waals surface area contributed by atoms with Crippen molar-refractivity contribution < 1.29 is 43.9 Å². The van der Waals surface area contributed by atoms with Gasteiger partial charge in [0.2, 0.25) is 18.8 Å². The zero-order chi connectivity index (χ0) is 45.9. The average molecular weight is 973 g/mol. The van der Waals surface area contributed by atoms with Crippen molar-refractivity contribution in [2.45, 2.75) is 179 Å². The second kappa shape index (κ2) is 30.5. The molecule has 1 aromatic heterocycles. The number of unbranched alkanes of at least 4 members (excludes halogenated alkanes) is 10. The van der Waals surface area contributed by atoms with Crippen LogP contribution in [0.1, 0.15) is 89.9 Å². The number of hydrogen-bond donors (Lipinski definition) is 2. The number of aromatic nitrogens is 3. The van der Waals surface area contributed by atoms with Gasteiger partial charge in [-0.05, 0) is 102 Å². The van der Waals surface area contributed by atoms with Crippen LogP contribution in [0.4, 0.5) is 16.3 Å². The van der Waals surface area contributed by atoms with Crippen LogP contribution in [0.15, 0.2) is 0 Å². The Labute approximate surface area is 377 Å². The third kappa shape index (κ3) is 26.2. The Hall–Kier alpha value is -0.679. The Bertz CT molecular complexity index is 1190. The van der Waals surface area contributed by atoms with Gasteiger partial charge < -0.3 is 50.2 Å². The van der Waals surface area contributed by atoms with Crippen LogP contribution in [0.3, 0.4) is 0 Å². The number of halogens is 1. The topological polar surface area (TPSA) is 146 Å². The van der Waals surface area contributed by atoms with E-state index < -0.39 is 57.7 Å². The molecule has 0 fully saturated rings. The number of alkyl halides is 1. The highest BCUT2D eigenvalue weighted by Gasteiger charge is 2.38. The maximum atomic E-state index is 13.2. The second-order valence-corrected chi connectivity index (χ2v) is 42.5. The van der Waals surface area contributed by atoms with Crippen LogP contribution in [-0.2, 0) is 34.8 Å². The van der Waals surface area contributed by atoms with E-state index in [-0.39, 0.29) is 6.01 Å². The van der Waals surface area contributed by atoms with Crippen LogP contribution in [-0.4, -0.2) is 128 Å². The summed E-state index contributed by atoms with van der Waals surface area (Å²) < 4.78 is 65.2. The van der Waals surface area contributed by atoms with E-state index >= 15 is 0 Å². The molecule has 1 heterocycles. The summed E-state index contributed by atoms with van der Waals surface area (Å²) >= 11 is 0. The third-order valence-corrected chi connectivity index (χ3v) is 32.0. The Morgan fingerprint density at radius 1 is 0.393 bits per heavy atom. The molecule has 0 saturated carbocycles. The van der Waals surface area contributed by atoms with Gasteiger partial charge in [0, 0.05) is 67.8 Å². The molecule has 0 radical (unpaired) electrons. The molecule has 0 aromatic carbocycles. The first-order valence-electron chi connectivity index (χ1n) is 22.9. The van der Waals surface area contributed by atoms with Gasteiger partial charge in [-0.2, -0.15) is 15.0 Å². The molecule has 2 N–H and O–H groups in total. The zero-order valence-electron chi connectivity index (χ0n) is 41.2. The van der Waals surface area contributed by atoms with Crippen molar-refractivity contribution >= 4 is 62.8 Å². The monoisotopic (exact) mass is 972 g/mol. The highest BCUT2D eigenvalue weighted by Crippen LogP contribution is 2.27. The van der Waals surface area contributed by atoms with Crippen molar-refractivity contribution in [2.24, 2.45) is 0 Å². The van der Waals surface area contributed by atoms with Gasteiger partial charge in [0.15, 0.2) is 33.3 Å². The molecule has 0 unspecified atom stereocenters. The first kappa shape index (κ1) is 58.3. The lowest BCUT2D eigenvalue weighted by atomic mass is 10.1. The molecule has 360 valence electrons. The van der Waals surface area contributed by atoms with E-state index in [9.17, 15) is 4.39 Å². The molecule has 0 aliphatic rings. The van der Waals surface area contributed by atoms with Gasteiger partial charge in [-0.3, -0.25) is 0 Å². The van der Waals surface area contributed by atoms with Crippen molar-refractivity contribution in [3.05, 3.63) is 0 Å². The highest BCUT2D eigenvalue weighted by atomic mass is 28.4. The number of nitrogens with zero attached hydrogens (tertiary/aromatic N) is 3. The molecule has 0 bridgehead atoms. The maximum absolute atomic E-state index is 13.2. The van der Waals surface area contributed by atoms with Crippen molar-refractivity contribution in [3.63, 3.8) is 0 Å². The lowest BCUT2D eigenvalue weighted by molar-refractivity contribution is 0.122. The predicted octanol–water partition coefficient (Wildman–Crippen LogP) is 11.1. The quantitative estimate of drug-likeness (QED) is 0.0475. The van der Waals surface area contributed by atoms with E-state index in [0.717, 1.165) is 49.9 Å². The van der Waals surface area contributed by atoms with E-state index in [1.54, 1.807) is 42.7 Å². The summed E-state index contributed by atoms with van der Waals surface area (Å²) in [6.45, 7) is 19.1. The highest BCUT2D eigenvalue weighted by molar-refractivity contribution is 6.85. The Morgan fingerprint density at radius 2 is 0.672 bits per heavy atom. The lowest BCUT2D eigenvalue weighted by Crippen LogP contribution is -2.44. The van der Waals surface area contributed by atoms with Gasteiger partial charge in [0.1, 0.15) is 0 Å². The summed E-state index contributed by atoms with van der Waals surface area (Å²) in [5.74, 6) is 0.762. The van der Waals surface area contributed by atoms with Crippen LogP contribution in [0.5, 0.6) is 6.01 Å². The smallest absolute Gasteiger partial charge is 0.455 e. The SMILES string of the molecule is CO[Si](CCCCCCCC[Si](C)(C)O[Si](C)(C)CCCNc1nc(NCCC[Si](C)(C)O[Si](C)(C)CCCCCCCC[Si](OC)(OC)OC)nc(OCF)n1)(OC)OC. The molecule has 0 aliphatic carbocycles. The minimum absolute atomic E-state index is 0.0296. The van der Waals surface area contributed by atoms with Crippen molar-refractivity contribution in [1.29, 1.82) is 0 Å². The van der Waals surface area contributed by atoms with Gasteiger partial charge in [-0.1, -0.05) is 64.2 Å². The molecular weight excluding hydrogens is 882 g/mol. The predicted molar refractivity (Wildman–Crippen MR) is 263 cm³/mol. The van der Waals surface area contributed by atoms with Gasteiger partial charge in [0.25, 0.3) is 0 Å². The van der Waals surface area contributed by atoms with Gasteiger partial charge in [-0.25, -0.2) is 4.39 Å². The molecule has 0 amide bonds. The van der Waals surface area contributed by atoms with Crippen LogP contribution in [0.2, 0.25) is 88.6 Å². The average Bonchev–Trinajstić information content (AvgIpc) is 3.20. The van der Waals surface area contributed by atoms with Crippen molar-refractivity contribution in [2.75, 3.05) is 73.2 Å². The van der Waals surface area contributed by atoms with E-state index in [1.807, 2.05) is 0 Å². The molecule has 21 heteroatoms. The lowest BCUT2D eigenvalue weighted by Gasteiger charge is -2.34. The Kier molecular flexibility index (Phi) is 29.2. The Balaban J connectivity index is 2.43. The standard InChI is InChI=1S/C40H90FN5O9Si6/c1-47-60(48-2,49-3)35-25-21-17-15-19-23-31-56(7,8)54-58(11,12)33-27-29-42-38-44-39(46-40(45-38)53-37-41)43-30-28-34-59(13,14)55-57(9,10)32-24-20-16-18-22-26-36-61(50-4,51-5)52-6/h15-37H2,1-14H3,(H2,42,43,44,45,46). The second-order valence-electron chi connectivity index (χ2n) is 18.7. The molecule has 1 aromatic rings. The van der Waals surface area contributed by atoms with Crippen LogP contribution >= 0.6 is 0 Å². The van der Waals surface area contributed by atoms with Crippen molar-refractivity contribution in [1.82, 2.24) is 15.0 Å². The van der Waals surface area contributed by atoms with Crippen LogP contribution in [0.25, 0.3) is 0 Å². The number of rotatable bonds is 40. The Morgan fingerprint density at radius 3 is 0.967 bits per heavy atom. The number of hydrogen-bond acceptors (Lipinski definition) is 14. The summed E-state index contributed by atoms with van der Waals surface area (Å²) in [6, 6.07) is 6.13. The van der Waals surface area contributed by atoms with Gasteiger partial charge >= 0.3 is 23.6 Å². The summed E-state index contributed by atoms with van der Waals surface area (Å²) in [7, 11) is -2.09. The molecule has 0 spiro atoms. The molecule has 14 nitrogen and oxygen atoms in total. The first-order chi connectivity index (χ1) is 28.8. The minimum atomic E-state index is -2.45. The molecule has 0 atom stereocenters. The molecular formula is C40H90FN5O9Si6. The van der Waals surface area contributed by atoms with Gasteiger partial charge in [-0.15, -0.1) is 0 Å². The molecule has 0 aliphatic heterocycles. The fourth-order valence-electron chi connectivity index (χ4n) is 8.07. The van der Waals surface area contributed by atoms with Gasteiger partial charge in [0.05, 0.1) is 0 Å². The fraction of sp³-hybridized carbons (Fsp3) is 0.925. The summed E-state index contributed by atoms with van der Waals surface area (Å²) in [6.07, 6.45) is 16.2. The molecule has 61 heavy (non-hydrogen) atoms. The molecule has 0 saturated heterocycles. The first-order valence-corrected chi connectivity index (χ1v) is 39.2. The summed E-state index contributed by atoms with van der Waals surface area (Å²) in [5.41, 5.74) is 0. The van der Waals surface area contributed by atoms with E-state index in [4.69, 9.17) is 39.5 Å². The van der Waals surface area contributed by atoms with E-state index in [0.29, 0.717) is 25.0 Å². The normalized spacial score (nSPS) is 13.2. The summed E-state index contributed by atoms with van der Waals surface area (Å²) in [5, 5.41) is 6.64. The van der Waals surface area contributed by atoms with Crippen molar-refractivity contribution in [3.8, 4) is 6.01 Å². The molecule has 1 rings (SSSR count). The number of nitrogens with one attached hydrogen (secondary N) is 2. The largest absolute Gasteiger partial charge is 0.500 e. The van der Waals surface area contributed by atoms with Crippen LogP contribution in [0, 0.1) is 0 Å².